The molecule has 8 nitrogen and oxygen atoms in total. The quantitative estimate of drug-likeness (QED) is 0.517. The third kappa shape index (κ3) is 3.75. The number of carbonyl (C=O) groups is 1. The van der Waals surface area contributed by atoms with Crippen LogP contribution in [0.3, 0.4) is 0 Å². The minimum absolute atomic E-state index is 0.0783. The Hall–Kier alpha value is -2.07. The molecule has 1 saturated heterocycles. The van der Waals surface area contributed by atoms with Gasteiger partial charge in [-0.05, 0) is 25.5 Å². The van der Waals surface area contributed by atoms with Crippen LogP contribution in [0.25, 0.3) is 11.3 Å². The van der Waals surface area contributed by atoms with Crippen molar-refractivity contribution in [1.82, 2.24) is 15.8 Å². The molecule has 0 bridgehead atoms. The Kier molecular flexibility index (Phi) is 5.33. The number of thiazole rings is 1. The van der Waals surface area contributed by atoms with Crippen molar-refractivity contribution in [2.45, 2.75) is 44.3 Å². The van der Waals surface area contributed by atoms with Crippen LogP contribution in [0.15, 0.2) is 24.3 Å². The van der Waals surface area contributed by atoms with Crippen LogP contribution in [-0.2, 0) is 4.79 Å². The number of fused-ring (bicyclic) bond motifs is 1. The summed E-state index contributed by atoms with van der Waals surface area (Å²) in [6.45, 7) is 1.95. The number of hydrogen-bond acceptors (Lipinski definition) is 7. The number of hydrogen-bond donors (Lipinski definition) is 3. The number of benzene rings is 1. The molecule has 1 aliphatic heterocycles. The van der Waals surface area contributed by atoms with Crippen molar-refractivity contribution in [3.8, 4) is 11.3 Å². The zero-order valence-corrected chi connectivity index (χ0v) is 16.7. The van der Waals surface area contributed by atoms with Gasteiger partial charge >= 0.3 is 0 Å². The molecule has 0 radical (unpaired) electrons. The molecule has 1 aliphatic carbocycles. The summed E-state index contributed by atoms with van der Waals surface area (Å²) in [5.74, 6) is -0.332. The summed E-state index contributed by atoms with van der Waals surface area (Å²) >= 11 is 7.34. The molecule has 4 atom stereocenters. The van der Waals surface area contributed by atoms with Gasteiger partial charge in [0.1, 0.15) is 6.04 Å². The van der Waals surface area contributed by atoms with Crippen molar-refractivity contribution in [1.29, 1.82) is 0 Å². The first-order valence-corrected chi connectivity index (χ1v) is 10.3. The number of amides is 1. The Balaban J connectivity index is 1.47. The molecule has 4 rings (SSSR count). The van der Waals surface area contributed by atoms with Crippen molar-refractivity contribution in [2.75, 3.05) is 5.32 Å². The maximum absolute atomic E-state index is 12.8. The number of anilines is 1. The van der Waals surface area contributed by atoms with E-state index in [1.807, 2.05) is 19.1 Å². The van der Waals surface area contributed by atoms with E-state index in [2.05, 4.69) is 21.2 Å². The monoisotopic (exact) mass is 421 g/mol. The second kappa shape index (κ2) is 7.75. The number of nitro groups is 1. The highest BCUT2D eigenvalue weighted by molar-refractivity contribution is 7.16. The molecule has 3 N–H and O–H groups in total. The van der Waals surface area contributed by atoms with Crippen molar-refractivity contribution in [3.63, 3.8) is 0 Å². The zero-order valence-electron chi connectivity index (χ0n) is 15.1. The number of hydrazine groups is 1. The predicted octanol–water partition coefficient (Wildman–Crippen LogP) is 3.00. The topological polar surface area (TPSA) is 109 Å². The number of aromatic nitrogens is 1. The number of nitrogens with one attached hydrogen (secondary N) is 3. The van der Waals surface area contributed by atoms with E-state index in [1.54, 1.807) is 12.1 Å². The molecule has 1 saturated carbocycles. The maximum Gasteiger partial charge on any atom is 0.244 e. The van der Waals surface area contributed by atoms with Gasteiger partial charge in [0.15, 0.2) is 5.13 Å². The second-order valence-corrected chi connectivity index (χ2v) is 8.85. The van der Waals surface area contributed by atoms with Crippen molar-refractivity contribution in [3.05, 3.63) is 44.3 Å². The lowest BCUT2D eigenvalue weighted by molar-refractivity contribution is -0.528. The molecule has 2 heterocycles. The van der Waals surface area contributed by atoms with Crippen LogP contribution >= 0.6 is 22.9 Å². The summed E-state index contributed by atoms with van der Waals surface area (Å²) in [4.78, 5) is 29.3. The van der Waals surface area contributed by atoms with Crippen LogP contribution < -0.4 is 16.2 Å². The van der Waals surface area contributed by atoms with Gasteiger partial charge in [-0.25, -0.2) is 10.4 Å². The molecule has 1 aromatic carbocycles. The van der Waals surface area contributed by atoms with Crippen LogP contribution in [0.2, 0.25) is 5.02 Å². The Morgan fingerprint density at radius 2 is 2.07 bits per heavy atom. The minimum Gasteiger partial charge on any atom is -0.301 e. The molecule has 2 aliphatic rings. The first-order chi connectivity index (χ1) is 13.4. The largest absolute Gasteiger partial charge is 0.301 e. The molecule has 1 amide bonds. The summed E-state index contributed by atoms with van der Waals surface area (Å²) in [6.07, 6.45) is 1.61. The first-order valence-electron chi connectivity index (χ1n) is 9.11. The molecular formula is C18H20ClN5O3S. The van der Waals surface area contributed by atoms with Gasteiger partial charge in [-0.15, -0.1) is 11.3 Å². The molecule has 10 heteroatoms. The van der Waals surface area contributed by atoms with Crippen LogP contribution in [0.5, 0.6) is 0 Å². The van der Waals surface area contributed by atoms with Gasteiger partial charge in [-0.3, -0.25) is 20.3 Å². The van der Waals surface area contributed by atoms with E-state index < -0.39 is 12.1 Å². The number of aryl methyl sites for hydroxylation is 1. The van der Waals surface area contributed by atoms with E-state index in [-0.39, 0.29) is 22.8 Å². The van der Waals surface area contributed by atoms with Crippen molar-refractivity contribution >= 4 is 34.0 Å². The molecule has 4 unspecified atom stereocenters. The fraction of sp³-hybridized carbons (Fsp3) is 0.444. The Labute approximate surface area is 170 Å². The second-order valence-electron chi connectivity index (χ2n) is 7.21. The van der Waals surface area contributed by atoms with E-state index in [9.17, 15) is 14.9 Å². The van der Waals surface area contributed by atoms with E-state index >= 15 is 0 Å². The maximum atomic E-state index is 12.8. The smallest absolute Gasteiger partial charge is 0.244 e. The normalized spacial score (nSPS) is 26.6. The van der Waals surface area contributed by atoms with Gasteiger partial charge in [-0.2, -0.15) is 0 Å². The van der Waals surface area contributed by atoms with Crippen molar-refractivity contribution < 1.29 is 9.72 Å². The van der Waals surface area contributed by atoms with E-state index in [0.717, 1.165) is 16.1 Å². The standard InChI is InChI=1S/C18H20ClN5O3S/c1-9-15(10-2-4-11(19)5-3-10)20-18(28-9)21-17(25)16-13-8-12(24(26)27)6-7-14(13)22-23-16/h2-5,12-14,16,22-23H,6-8H2,1H3,(H,20,21,25). The van der Waals surface area contributed by atoms with Crippen LogP contribution in [0.1, 0.15) is 24.1 Å². The summed E-state index contributed by atoms with van der Waals surface area (Å²) in [6, 6.07) is 6.36. The van der Waals surface area contributed by atoms with Crippen LogP contribution in [0.4, 0.5) is 5.13 Å². The SMILES string of the molecule is Cc1sc(NC(=O)C2NNC3CCC([N+](=O)[O-])CC32)nc1-c1ccc(Cl)cc1. The van der Waals surface area contributed by atoms with Crippen LogP contribution in [-0.4, -0.2) is 33.9 Å². The molecule has 2 aromatic rings. The summed E-state index contributed by atoms with van der Waals surface area (Å²) in [7, 11) is 0. The number of rotatable bonds is 4. The highest BCUT2D eigenvalue weighted by Gasteiger charge is 2.46. The summed E-state index contributed by atoms with van der Waals surface area (Å²) in [5, 5.41) is 15.2. The molecular weight excluding hydrogens is 402 g/mol. The highest BCUT2D eigenvalue weighted by Crippen LogP contribution is 2.34. The lowest BCUT2D eigenvalue weighted by Gasteiger charge is -2.28. The molecule has 0 spiro atoms. The first kappa shape index (κ1) is 19.3. The molecule has 2 fully saturated rings. The van der Waals surface area contributed by atoms with Crippen molar-refractivity contribution in [2.24, 2.45) is 5.92 Å². The van der Waals surface area contributed by atoms with Gasteiger partial charge in [0.05, 0.1) is 5.69 Å². The third-order valence-corrected chi connectivity index (χ3v) is 6.59. The van der Waals surface area contributed by atoms with E-state index in [1.165, 1.54) is 11.3 Å². The van der Waals surface area contributed by atoms with E-state index in [4.69, 9.17) is 11.6 Å². The average molecular weight is 422 g/mol. The van der Waals surface area contributed by atoms with Gasteiger partial charge in [0.25, 0.3) is 0 Å². The van der Waals surface area contributed by atoms with Crippen LogP contribution in [0, 0.1) is 23.0 Å². The van der Waals surface area contributed by atoms with Gasteiger partial charge in [0.2, 0.25) is 11.9 Å². The lowest BCUT2D eigenvalue weighted by atomic mass is 9.79. The fourth-order valence-electron chi connectivity index (χ4n) is 3.99. The minimum atomic E-state index is -0.586. The van der Waals surface area contributed by atoms with Gasteiger partial charge in [-0.1, -0.05) is 23.7 Å². The summed E-state index contributed by atoms with van der Waals surface area (Å²) in [5.41, 5.74) is 7.87. The Bertz CT molecular complexity index is 903. The average Bonchev–Trinajstić information content (AvgIpc) is 3.25. The number of halogens is 1. The third-order valence-electron chi connectivity index (χ3n) is 5.45. The highest BCUT2D eigenvalue weighted by atomic mass is 35.5. The van der Waals surface area contributed by atoms with Gasteiger partial charge < -0.3 is 5.32 Å². The Morgan fingerprint density at radius 3 is 2.79 bits per heavy atom. The van der Waals surface area contributed by atoms with E-state index in [0.29, 0.717) is 29.4 Å². The molecule has 1 aromatic heterocycles. The fourth-order valence-corrected chi connectivity index (χ4v) is 4.96. The molecule has 28 heavy (non-hydrogen) atoms. The Morgan fingerprint density at radius 1 is 1.32 bits per heavy atom. The number of carbonyl (C=O) groups excluding carboxylic acids is 1. The summed E-state index contributed by atoms with van der Waals surface area (Å²) < 4.78 is 0. The lowest BCUT2D eigenvalue weighted by Crippen LogP contribution is -2.44. The van der Waals surface area contributed by atoms with Gasteiger partial charge in [0, 0.05) is 45.2 Å². The number of nitrogens with zero attached hydrogens (tertiary/aromatic N) is 2. The molecule has 148 valence electrons. The predicted molar refractivity (Wildman–Crippen MR) is 108 cm³/mol. The zero-order chi connectivity index (χ0) is 19.8.